The molecule has 0 aliphatic carbocycles. The average molecular weight is 854 g/mol. The molecule has 0 radical (unpaired) electrons. The normalized spacial score (nSPS) is 17.2. The molecule has 0 bridgehead atoms. The molecule has 7 atom stereocenters. The van der Waals surface area contributed by atoms with E-state index in [9.17, 15) is 63.0 Å². The lowest BCUT2D eigenvalue weighted by Crippen LogP contribution is -2.61. The first-order valence-electron chi connectivity index (χ1n) is 19.5. The van der Waals surface area contributed by atoms with Crippen LogP contribution in [-0.2, 0) is 57.5 Å². The van der Waals surface area contributed by atoms with Gasteiger partial charge in [-0.1, -0.05) is 53.7 Å². The number of carbonyl (C=O) groups excluding carboxylic acids is 9. The number of esters is 1. The van der Waals surface area contributed by atoms with Gasteiger partial charge in [-0.3, -0.25) is 52.7 Å². The molecule has 0 saturated carbocycles. The predicted octanol–water partition coefficient (Wildman–Crippen LogP) is -2.35. The molecule has 1 fully saturated rings. The van der Waals surface area contributed by atoms with Crippen molar-refractivity contribution in [1.29, 1.82) is 0 Å². The molecule has 1 heterocycles. The summed E-state index contributed by atoms with van der Waals surface area (Å²) in [6.45, 7) is 11.4. The van der Waals surface area contributed by atoms with Gasteiger partial charge < -0.3 is 56.9 Å². The smallest absolute Gasteiger partial charge is 0.325 e. The molecule has 0 aromatic rings. The van der Waals surface area contributed by atoms with Gasteiger partial charge in [-0.15, -0.1) is 0 Å². The van der Waals surface area contributed by atoms with Crippen molar-refractivity contribution in [2.24, 2.45) is 11.8 Å². The summed E-state index contributed by atoms with van der Waals surface area (Å²) in [6, 6.07) is -8.38. The van der Waals surface area contributed by atoms with Gasteiger partial charge in [0.15, 0.2) is 0 Å². The van der Waals surface area contributed by atoms with Crippen LogP contribution in [0.2, 0.25) is 0 Å². The first kappa shape index (κ1) is 52.1. The van der Waals surface area contributed by atoms with Crippen molar-refractivity contribution in [2.75, 3.05) is 19.7 Å². The minimum atomic E-state index is -1.56. The fourth-order valence-corrected chi connectivity index (χ4v) is 6.05. The lowest BCUT2D eigenvalue weighted by atomic mass is 9.98. The minimum Gasteiger partial charge on any atom is -0.481 e. The van der Waals surface area contributed by atoms with E-state index in [-0.39, 0.29) is 32.4 Å². The molecule has 5 unspecified atom stereocenters. The number of aliphatic carboxylic acids is 2. The molecular weight excluding hydrogens is 794 g/mol. The topological polar surface area (TPSA) is 333 Å². The van der Waals surface area contributed by atoms with Crippen molar-refractivity contribution in [3.63, 3.8) is 0 Å². The second-order valence-electron chi connectivity index (χ2n) is 14.9. The van der Waals surface area contributed by atoms with Gasteiger partial charge in [0.05, 0.1) is 12.1 Å². The van der Waals surface area contributed by atoms with Crippen molar-refractivity contribution in [1.82, 2.24) is 36.8 Å². The fourth-order valence-electron chi connectivity index (χ4n) is 6.05. The number of nitrogens with zero attached hydrogens (tertiary/aromatic N) is 1. The quantitative estimate of drug-likeness (QED) is 0.0250. The lowest BCUT2D eigenvalue weighted by molar-refractivity contribution is -0.146. The second-order valence-corrected chi connectivity index (χ2v) is 14.9. The standard InChI is InChI=1S/C38H59N7O15/c1-8-10-23(32(53)37(58)39-17-29(52)60-15-9-2)41-35(56)26-16-22(47)18-45(26)38(59)31(20(5)6)44-36(57)30(19(3)4)43-34(55)25(12-14-28(50)51)42-33(54)24(40-21(7)46)11-13-27(48)49/h9,19-20,22-26,30-31,47H,2,8,10-18H2,1,3-7H3,(H,39,58)(H,40,46)(H,41,56)(H,42,54)(H,43,55)(H,44,57)(H,48,49)(H,50,51)/t22-,23?,24?,25?,26+,30?,31?/m1/s1. The summed E-state index contributed by atoms with van der Waals surface area (Å²) in [4.78, 5) is 141. The van der Waals surface area contributed by atoms with Gasteiger partial charge >= 0.3 is 17.9 Å². The van der Waals surface area contributed by atoms with E-state index in [4.69, 9.17) is 9.84 Å². The highest BCUT2D eigenvalue weighted by Gasteiger charge is 2.44. The van der Waals surface area contributed by atoms with Crippen LogP contribution in [0, 0.1) is 11.8 Å². The summed E-state index contributed by atoms with van der Waals surface area (Å²) < 4.78 is 4.76. The summed E-state index contributed by atoms with van der Waals surface area (Å²) in [6.07, 6.45) is -1.71. The highest BCUT2D eigenvalue weighted by Crippen LogP contribution is 2.22. The number of rotatable bonds is 26. The third-order valence-corrected chi connectivity index (χ3v) is 9.15. The van der Waals surface area contributed by atoms with E-state index < -0.39 is 145 Å². The minimum absolute atomic E-state index is 0.0105. The summed E-state index contributed by atoms with van der Waals surface area (Å²) in [5, 5.41) is 43.2. The number of nitrogens with one attached hydrogen (secondary N) is 6. The van der Waals surface area contributed by atoms with Crippen molar-refractivity contribution < 1.29 is 72.8 Å². The number of Topliss-reactive ketones (excluding diaryl/α,β-unsaturated/α-hetero) is 1. The van der Waals surface area contributed by atoms with Crippen molar-refractivity contribution in [3.05, 3.63) is 12.7 Å². The Balaban J connectivity index is 3.25. The molecular formula is C38H59N7O15. The van der Waals surface area contributed by atoms with E-state index in [2.05, 4.69) is 38.5 Å². The van der Waals surface area contributed by atoms with Crippen LogP contribution >= 0.6 is 0 Å². The monoisotopic (exact) mass is 853 g/mol. The van der Waals surface area contributed by atoms with Crippen LogP contribution in [0.4, 0.5) is 0 Å². The first-order chi connectivity index (χ1) is 28.0. The van der Waals surface area contributed by atoms with E-state index in [1.54, 1.807) is 34.6 Å². The molecule has 1 aliphatic rings. The Morgan fingerprint density at radius 1 is 0.750 bits per heavy atom. The largest absolute Gasteiger partial charge is 0.481 e. The van der Waals surface area contributed by atoms with E-state index in [1.807, 2.05) is 0 Å². The number of carbonyl (C=O) groups is 11. The molecule has 336 valence electrons. The zero-order chi connectivity index (χ0) is 45.9. The van der Waals surface area contributed by atoms with Gasteiger partial charge in [-0.05, 0) is 31.1 Å². The first-order valence-corrected chi connectivity index (χ1v) is 19.5. The van der Waals surface area contributed by atoms with Gasteiger partial charge in [0.25, 0.3) is 5.91 Å². The van der Waals surface area contributed by atoms with Crippen LogP contribution in [0.3, 0.4) is 0 Å². The zero-order valence-corrected chi connectivity index (χ0v) is 34.7. The average Bonchev–Trinajstić information content (AvgIpc) is 3.57. The number of aliphatic hydroxyl groups is 1. The highest BCUT2D eigenvalue weighted by atomic mass is 16.5. The molecule has 0 spiro atoms. The Kier molecular flexibility index (Phi) is 22.2. The molecule has 60 heavy (non-hydrogen) atoms. The molecule has 22 heteroatoms. The summed E-state index contributed by atoms with van der Waals surface area (Å²) in [7, 11) is 0. The Hall–Kier alpha value is -5.93. The summed E-state index contributed by atoms with van der Waals surface area (Å²) >= 11 is 0. The number of ketones is 1. The Labute approximate surface area is 347 Å². The number of aliphatic hydroxyl groups excluding tert-OH is 1. The van der Waals surface area contributed by atoms with Crippen LogP contribution in [0.5, 0.6) is 0 Å². The van der Waals surface area contributed by atoms with E-state index in [1.165, 1.54) is 6.08 Å². The highest BCUT2D eigenvalue weighted by molar-refractivity contribution is 6.38. The molecule has 0 aromatic carbocycles. The third kappa shape index (κ3) is 17.5. The maximum absolute atomic E-state index is 14.1. The van der Waals surface area contributed by atoms with Gasteiger partial charge in [-0.25, -0.2) is 0 Å². The molecule has 1 aliphatic heterocycles. The number of likely N-dealkylation sites (tertiary alicyclic amines) is 1. The van der Waals surface area contributed by atoms with Gasteiger partial charge in [0.2, 0.25) is 41.2 Å². The number of carboxylic acid groups (broad SMARTS) is 2. The number of hydrogen-bond donors (Lipinski definition) is 9. The Morgan fingerprint density at radius 3 is 1.78 bits per heavy atom. The molecule has 9 N–H and O–H groups in total. The van der Waals surface area contributed by atoms with Crippen LogP contribution in [0.25, 0.3) is 0 Å². The van der Waals surface area contributed by atoms with Crippen molar-refractivity contribution >= 4 is 65.0 Å². The Morgan fingerprint density at radius 2 is 1.28 bits per heavy atom. The van der Waals surface area contributed by atoms with Crippen LogP contribution in [-0.4, -0.2) is 147 Å². The molecule has 22 nitrogen and oxygen atoms in total. The maximum atomic E-state index is 14.1. The number of β-amino-alcohol motifs (C(OH)–C–C–N with tert-alkyl or cyclic N) is 1. The predicted molar refractivity (Wildman–Crippen MR) is 209 cm³/mol. The molecule has 1 rings (SSSR count). The van der Waals surface area contributed by atoms with Crippen molar-refractivity contribution in [2.45, 2.75) is 129 Å². The van der Waals surface area contributed by atoms with Gasteiger partial charge in [0, 0.05) is 32.7 Å². The van der Waals surface area contributed by atoms with Crippen molar-refractivity contribution in [3.8, 4) is 0 Å². The number of amides is 7. The Bertz CT molecular complexity index is 1620. The number of hydrogen-bond acceptors (Lipinski definition) is 13. The lowest BCUT2D eigenvalue weighted by Gasteiger charge is -2.32. The summed E-state index contributed by atoms with van der Waals surface area (Å²) in [5.41, 5.74) is 0. The maximum Gasteiger partial charge on any atom is 0.325 e. The summed E-state index contributed by atoms with van der Waals surface area (Å²) in [5.74, 6) is -12.1. The van der Waals surface area contributed by atoms with Crippen LogP contribution < -0.4 is 31.9 Å². The zero-order valence-electron chi connectivity index (χ0n) is 34.7. The van der Waals surface area contributed by atoms with E-state index in [0.29, 0.717) is 6.42 Å². The molecule has 0 aromatic heterocycles. The van der Waals surface area contributed by atoms with Gasteiger partial charge in [0.1, 0.15) is 43.4 Å². The number of carboxylic acids is 2. The molecule has 1 saturated heterocycles. The fraction of sp³-hybridized carbons (Fsp3) is 0.658. The van der Waals surface area contributed by atoms with Crippen LogP contribution in [0.15, 0.2) is 12.7 Å². The van der Waals surface area contributed by atoms with Crippen LogP contribution in [0.1, 0.15) is 86.5 Å². The van der Waals surface area contributed by atoms with E-state index in [0.717, 1.165) is 11.8 Å². The third-order valence-electron chi connectivity index (χ3n) is 9.15. The van der Waals surface area contributed by atoms with E-state index >= 15 is 0 Å². The second kappa shape index (κ2) is 25.5. The van der Waals surface area contributed by atoms with Gasteiger partial charge in [-0.2, -0.15) is 0 Å². The SMILES string of the molecule is C=CCOC(=O)CNC(=O)C(=O)C(CCC)NC(=O)[C@@H]1C[C@@H](O)CN1C(=O)C(NC(=O)C(NC(=O)C(CCC(=O)O)NC(=O)C(CCC(=O)O)NC(C)=O)C(C)C)C(C)C. The number of ether oxygens (including phenoxy) is 1. The molecule has 7 amide bonds.